The lowest BCUT2D eigenvalue weighted by molar-refractivity contribution is -0.137. The van der Waals surface area contributed by atoms with Gasteiger partial charge in [0.05, 0.1) is 6.10 Å². The molecular formula is C13H24N2O4. The zero-order chi connectivity index (χ0) is 14.6. The predicted molar refractivity (Wildman–Crippen MR) is 70.8 cm³/mol. The van der Waals surface area contributed by atoms with Gasteiger partial charge in [-0.05, 0) is 18.3 Å². The van der Waals surface area contributed by atoms with Crippen molar-refractivity contribution in [1.82, 2.24) is 9.80 Å². The van der Waals surface area contributed by atoms with Crippen molar-refractivity contribution in [3.8, 4) is 0 Å². The van der Waals surface area contributed by atoms with E-state index in [1.807, 2.05) is 20.8 Å². The number of amides is 2. The number of aliphatic hydroxyl groups excluding tert-OH is 1. The molecule has 1 saturated heterocycles. The molecule has 6 nitrogen and oxygen atoms in total. The first kappa shape index (κ1) is 15.8. The van der Waals surface area contributed by atoms with Crippen LogP contribution >= 0.6 is 0 Å². The van der Waals surface area contributed by atoms with Crippen molar-refractivity contribution in [3.05, 3.63) is 0 Å². The highest BCUT2D eigenvalue weighted by Gasteiger charge is 2.30. The van der Waals surface area contributed by atoms with E-state index in [4.69, 9.17) is 5.11 Å². The lowest BCUT2D eigenvalue weighted by Gasteiger charge is -2.37. The van der Waals surface area contributed by atoms with Gasteiger partial charge in [0.1, 0.15) is 6.54 Å². The Hall–Kier alpha value is -1.30. The van der Waals surface area contributed by atoms with Crippen LogP contribution < -0.4 is 0 Å². The first-order valence-corrected chi connectivity index (χ1v) is 6.75. The fourth-order valence-corrected chi connectivity index (χ4v) is 2.32. The molecule has 1 aliphatic heterocycles. The fourth-order valence-electron chi connectivity index (χ4n) is 2.32. The quantitative estimate of drug-likeness (QED) is 0.795. The van der Waals surface area contributed by atoms with Gasteiger partial charge in [0.15, 0.2) is 0 Å². The molecular weight excluding hydrogens is 248 g/mol. The van der Waals surface area contributed by atoms with Gasteiger partial charge in [-0.2, -0.15) is 0 Å². The van der Waals surface area contributed by atoms with Gasteiger partial charge in [0.25, 0.3) is 0 Å². The molecule has 2 atom stereocenters. The summed E-state index contributed by atoms with van der Waals surface area (Å²) in [5.41, 5.74) is 0. The third-order valence-corrected chi connectivity index (χ3v) is 3.31. The molecule has 0 aromatic carbocycles. The Morgan fingerprint density at radius 1 is 1.42 bits per heavy atom. The van der Waals surface area contributed by atoms with Gasteiger partial charge in [-0.1, -0.05) is 20.8 Å². The number of carbonyl (C=O) groups excluding carboxylic acids is 1. The van der Waals surface area contributed by atoms with Crippen molar-refractivity contribution in [2.45, 2.75) is 33.3 Å². The lowest BCUT2D eigenvalue weighted by atomic mass is 9.97. The van der Waals surface area contributed by atoms with E-state index >= 15 is 0 Å². The fraction of sp³-hybridized carbons (Fsp3) is 0.846. The van der Waals surface area contributed by atoms with Crippen LogP contribution in [0.1, 0.15) is 27.2 Å². The number of aliphatic carboxylic acids is 1. The predicted octanol–water partition coefficient (Wildman–Crippen LogP) is 0.852. The van der Waals surface area contributed by atoms with Crippen molar-refractivity contribution in [2.24, 2.45) is 11.8 Å². The summed E-state index contributed by atoms with van der Waals surface area (Å²) in [6.07, 6.45) is 0.178. The van der Waals surface area contributed by atoms with Gasteiger partial charge < -0.3 is 20.0 Å². The summed E-state index contributed by atoms with van der Waals surface area (Å²) in [4.78, 5) is 26.2. The van der Waals surface area contributed by atoms with Crippen LogP contribution in [0.5, 0.6) is 0 Å². The van der Waals surface area contributed by atoms with Gasteiger partial charge in [-0.3, -0.25) is 4.79 Å². The number of carboxylic acids is 1. The minimum Gasteiger partial charge on any atom is -0.480 e. The van der Waals surface area contributed by atoms with E-state index in [9.17, 15) is 14.7 Å². The lowest BCUT2D eigenvalue weighted by Crippen LogP contribution is -2.52. The number of carboxylic acid groups (broad SMARTS) is 1. The zero-order valence-electron chi connectivity index (χ0n) is 11.9. The second kappa shape index (κ2) is 6.75. The van der Waals surface area contributed by atoms with E-state index in [0.717, 1.165) is 0 Å². The van der Waals surface area contributed by atoms with E-state index in [2.05, 4.69) is 0 Å². The number of piperidine rings is 1. The Morgan fingerprint density at radius 2 is 2.05 bits per heavy atom. The van der Waals surface area contributed by atoms with E-state index in [1.165, 1.54) is 4.90 Å². The largest absolute Gasteiger partial charge is 0.480 e. The molecule has 0 bridgehead atoms. The molecule has 2 unspecified atom stereocenters. The van der Waals surface area contributed by atoms with Crippen LogP contribution in [0.2, 0.25) is 0 Å². The number of hydrogen-bond donors (Lipinski definition) is 2. The summed E-state index contributed by atoms with van der Waals surface area (Å²) in [6, 6.07) is -0.241. The number of carbonyl (C=O) groups is 2. The number of likely N-dealkylation sites (tertiary alicyclic amines) is 1. The van der Waals surface area contributed by atoms with E-state index < -0.39 is 5.97 Å². The maximum Gasteiger partial charge on any atom is 0.323 e. The van der Waals surface area contributed by atoms with Crippen LogP contribution in [-0.2, 0) is 4.79 Å². The molecule has 19 heavy (non-hydrogen) atoms. The SMILES string of the molecule is CC(C)CN(CC(=O)O)C(=O)N1CCC(O)C(C)C1. The Balaban J connectivity index is 2.67. The van der Waals surface area contributed by atoms with Crippen LogP contribution in [0, 0.1) is 11.8 Å². The number of urea groups is 1. The molecule has 6 heteroatoms. The third kappa shape index (κ3) is 4.70. The average Bonchev–Trinajstić information content (AvgIpc) is 2.29. The van der Waals surface area contributed by atoms with Crippen LogP contribution in [-0.4, -0.2) is 64.3 Å². The van der Waals surface area contributed by atoms with Crippen molar-refractivity contribution in [1.29, 1.82) is 0 Å². The molecule has 0 aromatic heterocycles. The summed E-state index contributed by atoms with van der Waals surface area (Å²) in [5, 5.41) is 18.5. The highest BCUT2D eigenvalue weighted by molar-refractivity contribution is 5.80. The highest BCUT2D eigenvalue weighted by atomic mass is 16.4. The van der Waals surface area contributed by atoms with Gasteiger partial charge in [0.2, 0.25) is 0 Å². The number of hydrogen-bond acceptors (Lipinski definition) is 3. The Labute approximate surface area is 114 Å². The molecule has 1 aliphatic rings. The molecule has 0 aliphatic carbocycles. The summed E-state index contributed by atoms with van der Waals surface area (Å²) in [6.45, 7) is 6.92. The monoisotopic (exact) mass is 272 g/mol. The van der Waals surface area contributed by atoms with E-state index in [-0.39, 0.29) is 30.5 Å². The highest BCUT2D eigenvalue weighted by Crippen LogP contribution is 2.18. The zero-order valence-corrected chi connectivity index (χ0v) is 11.9. The molecule has 0 radical (unpaired) electrons. The minimum atomic E-state index is -1.00. The van der Waals surface area contributed by atoms with Gasteiger partial charge >= 0.3 is 12.0 Å². The van der Waals surface area contributed by atoms with Crippen LogP contribution in [0.15, 0.2) is 0 Å². The molecule has 110 valence electrons. The second-order valence-corrected chi connectivity index (χ2v) is 5.73. The summed E-state index contributed by atoms with van der Waals surface area (Å²) >= 11 is 0. The maximum absolute atomic E-state index is 12.3. The molecule has 0 aromatic rings. The van der Waals surface area contributed by atoms with Crippen LogP contribution in [0.25, 0.3) is 0 Å². The Morgan fingerprint density at radius 3 is 2.53 bits per heavy atom. The van der Waals surface area contributed by atoms with Gasteiger partial charge in [-0.15, -0.1) is 0 Å². The molecule has 2 amide bonds. The first-order valence-electron chi connectivity index (χ1n) is 6.75. The molecule has 0 spiro atoms. The second-order valence-electron chi connectivity index (χ2n) is 5.73. The smallest absolute Gasteiger partial charge is 0.323 e. The summed E-state index contributed by atoms with van der Waals surface area (Å²) in [5.74, 6) is -0.751. The average molecular weight is 272 g/mol. The molecule has 0 saturated carbocycles. The molecule has 1 heterocycles. The summed E-state index contributed by atoms with van der Waals surface area (Å²) < 4.78 is 0. The van der Waals surface area contributed by atoms with Crippen molar-refractivity contribution in [3.63, 3.8) is 0 Å². The summed E-state index contributed by atoms with van der Waals surface area (Å²) in [7, 11) is 0. The number of rotatable bonds is 4. The third-order valence-electron chi connectivity index (χ3n) is 3.31. The molecule has 1 fully saturated rings. The normalized spacial score (nSPS) is 23.5. The van der Waals surface area contributed by atoms with Gasteiger partial charge in [0, 0.05) is 19.6 Å². The van der Waals surface area contributed by atoms with Crippen LogP contribution in [0.3, 0.4) is 0 Å². The van der Waals surface area contributed by atoms with E-state index in [1.54, 1.807) is 4.90 Å². The van der Waals surface area contributed by atoms with Crippen molar-refractivity contribution >= 4 is 12.0 Å². The molecule has 2 N–H and O–H groups in total. The first-order chi connectivity index (χ1) is 8.81. The number of aliphatic hydroxyl groups is 1. The van der Waals surface area contributed by atoms with Crippen molar-refractivity contribution < 1.29 is 19.8 Å². The topological polar surface area (TPSA) is 81.1 Å². The number of nitrogens with zero attached hydrogens (tertiary/aromatic N) is 2. The van der Waals surface area contributed by atoms with Crippen LogP contribution in [0.4, 0.5) is 4.79 Å². The van der Waals surface area contributed by atoms with Gasteiger partial charge in [-0.25, -0.2) is 4.79 Å². The van der Waals surface area contributed by atoms with Crippen molar-refractivity contribution in [2.75, 3.05) is 26.2 Å². The molecule has 1 rings (SSSR count). The van der Waals surface area contributed by atoms with E-state index in [0.29, 0.717) is 26.1 Å². The standard InChI is InChI=1S/C13H24N2O4/c1-9(2)6-15(8-12(17)18)13(19)14-5-4-11(16)10(3)7-14/h9-11,16H,4-8H2,1-3H3,(H,17,18). The Bertz CT molecular complexity index is 333. The minimum absolute atomic E-state index is 0.0310. The Kier molecular flexibility index (Phi) is 5.60. The maximum atomic E-state index is 12.3.